The van der Waals surface area contributed by atoms with Crippen LogP contribution in [0.15, 0.2) is 0 Å². The van der Waals surface area contributed by atoms with Gasteiger partial charge in [-0.1, -0.05) is 355 Å². The second kappa shape index (κ2) is 70.5. The Morgan fingerprint density at radius 3 is 0.621 bits per heavy atom. The Balaban J connectivity index is 5.22. The van der Waals surface area contributed by atoms with Gasteiger partial charge in [0.2, 0.25) is 0 Å². The van der Waals surface area contributed by atoms with Crippen LogP contribution in [-0.2, 0) is 65.4 Å². The molecule has 0 fully saturated rings. The molecule has 0 aromatic rings. The molecular formula is C76H148O17P2. The topological polar surface area (TPSA) is 237 Å². The number of carbonyl (C=O) groups excluding carboxylic acids is 4. The van der Waals surface area contributed by atoms with Crippen LogP contribution in [0.4, 0.5) is 0 Å². The Hall–Kier alpha value is -1.94. The number of phosphoric ester groups is 2. The summed E-state index contributed by atoms with van der Waals surface area (Å²) in [7, 11) is -9.91. The first kappa shape index (κ1) is 93.1. The van der Waals surface area contributed by atoms with E-state index in [2.05, 4.69) is 27.7 Å². The molecule has 0 aliphatic carbocycles. The van der Waals surface area contributed by atoms with Gasteiger partial charge in [0.1, 0.15) is 19.3 Å². The van der Waals surface area contributed by atoms with Crippen molar-refractivity contribution in [2.24, 2.45) is 0 Å². The first-order chi connectivity index (χ1) is 46.2. The molecule has 0 rings (SSSR count). The SMILES string of the molecule is CCCCCCCCCCCCCCCCCC(=O)OC[C@H](COP(=O)(O)OC[C@@H](O)COP(=O)(O)OC[C@@H](COC(=O)CCCCCCCCCCCCCCCCC)OC(=O)CCCCCCCCCCCCCCCCC)OC(=O)CCCCCCCCCCCC. The zero-order valence-corrected chi connectivity index (χ0v) is 63.4. The van der Waals surface area contributed by atoms with Crippen molar-refractivity contribution in [2.45, 2.75) is 425 Å². The second-order valence-corrected chi connectivity index (χ2v) is 30.3. The minimum atomic E-state index is -4.95. The summed E-state index contributed by atoms with van der Waals surface area (Å²) in [5.74, 6) is -2.11. The van der Waals surface area contributed by atoms with Gasteiger partial charge in [0.05, 0.1) is 26.4 Å². The maximum Gasteiger partial charge on any atom is 0.472 e. The van der Waals surface area contributed by atoms with Crippen LogP contribution < -0.4 is 0 Å². The first-order valence-electron chi connectivity index (χ1n) is 39.8. The van der Waals surface area contributed by atoms with Crippen LogP contribution in [0.3, 0.4) is 0 Å². The highest BCUT2D eigenvalue weighted by Crippen LogP contribution is 2.45. The highest BCUT2D eigenvalue weighted by molar-refractivity contribution is 7.47. The molecule has 17 nitrogen and oxygen atoms in total. The summed E-state index contributed by atoms with van der Waals surface area (Å²) in [6, 6.07) is 0. The van der Waals surface area contributed by atoms with Gasteiger partial charge < -0.3 is 33.8 Å². The van der Waals surface area contributed by atoms with Gasteiger partial charge in [-0.2, -0.15) is 0 Å². The summed E-state index contributed by atoms with van der Waals surface area (Å²) in [6.45, 7) is 4.99. The van der Waals surface area contributed by atoms with E-state index in [1.807, 2.05) is 0 Å². The fraction of sp³-hybridized carbons (Fsp3) is 0.947. The van der Waals surface area contributed by atoms with Crippen molar-refractivity contribution in [3.63, 3.8) is 0 Å². The van der Waals surface area contributed by atoms with Gasteiger partial charge in [0.15, 0.2) is 12.2 Å². The number of esters is 4. The lowest BCUT2D eigenvalue weighted by molar-refractivity contribution is -0.161. The Bertz CT molecular complexity index is 1810. The minimum absolute atomic E-state index is 0.108. The minimum Gasteiger partial charge on any atom is -0.462 e. The molecule has 2 unspecified atom stereocenters. The molecule has 564 valence electrons. The Morgan fingerprint density at radius 1 is 0.253 bits per heavy atom. The summed E-state index contributed by atoms with van der Waals surface area (Å²) in [5.41, 5.74) is 0. The Kier molecular flexibility index (Phi) is 69.1. The van der Waals surface area contributed by atoms with Crippen molar-refractivity contribution in [3.05, 3.63) is 0 Å². The zero-order valence-electron chi connectivity index (χ0n) is 61.6. The molecule has 0 heterocycles. The molecular weight excluding hydrogens is 1250 g/mol. The molecule has 0 radical (unpaired) electrons. The smallest absolute Gasteiger partial charge is 0.462 e. The fourth-order valence-electron chi connectivity index (χ4n) is 11.8. The third-order valence-corrected chi connectivity index (χ3v) is 19.8. The quantitative estimate of drug-likeness (QED) is 0.0222. The van der Waals surface area contributed by atoms with E-state index in [-0.39, 0.29) is 25.7 Å². The highest BCUT2D eigenvalue weighted by atomic mass is 31.2. The van der Waals surface area contributed by atoms with Crippen LogP contribution in [-0.4, -0.2) is 96.7 Å². The van der Waals surface area contributed by atoms with Crippen molar-refractivity contribution in [1.29, 1.82) is 0 Å². The third-order valence-electron chi connectivity index (χ3n) is 17.9. The van der Waals surface area contributed by atoms with Gasteiger partial charge in [-0.05, 0) is 25.7 Å². The summed E-state index contributed by atoms with van der Waals surface area (Å²) in [5, 5.41) is 10.6. The normalized spacial score (nSPS) is 13.9. The number of rotatable bonds is 77. The molecule has 0 spiro atoms. The Labute approximate surface area is 581 Å². The average molecular weight is 1400 g/mol. The number of aliphatic hydroxyl groups is 1. The summed E-state index contributed by atoms with van der Waals surface area (Å²) in [4.78, 5) is 72.8. The van der Waals surface area contributed by atoms with Gasteiger partial charge in [-0.3, -0.25) is 37.3 Å². The van der Waals surface area contributed by atoms with E-state index in [9.17, 15) is 43.2 Å². The monoisotopic (exact) mass is 1400 g/mol. The maximum atomic E-state index is 13.1. The summed E-state index contributed by atoms with van der Waals surface area (Å²) in [6.07, 6.45) is 60.8. The molecule has 3 N–H and O–H groups in total. The highest BCUT2D eigenvalue weighted by Gasteiger charge is 2.30. The molecule has 0 saturated heterocycles. The number of carbonyl (C=O) groups is 4. The molecule has 0 aliphatic heterocycles. The molecule has 0 aromatic carbocycles. The van der Waals surface area contributed by atoms with Crippen LogP contribution in [0.2, 0.25) is 0 Å². The Morgan fingerprint density at radius 2 is 0.421 bits per heavy atom. The number of ether oxygens (including phenoxy) is 4. The molecule has 0 amide bonds. The lowest BCUT2D eigenvalue weighted by atomic mass is 10.0. The van der Waals surface area contributed by atoms with E-state index >= 15 is 0 Å². The zero-order chi connectivity index (χ0) is 69.7. The van der Waals surface area contributed by atoms with Crippen LogP contribution >= 0.6 is 15.6 Å². The van der Waals surface area contributed by atoms with Crippen molar-refractivity contribution >= 4 is 39.5 Å². The van der Waals surface area contributed by atoms with Crippen molar-refractivity contribution < 1.29 is 80.2 Å². The molecule has 95 heavy (non-hydrogen) atoms. The van der Waals surface area contributed by atoms with Crippen molar-refractivity contribution in [2.75, 3.05) is 39.6 Å². The predicted molar refractivity (Wildman–Crippen MR) is 386 cm³/mol. The number of phosphoric acid groups is 2. The lowest BCUT2D eigenvalue weighted by Crippen LogP contribution is -2.30. The van der Waals surface area contributed by atoms with Gasteiger partial charge in [-0.15, -0.1) is 0 Å². The molecule has 0 bridgehead atoms. The van der Waals surface area contributed by atoms with Crippen LogP contribution in [0.5, 0.6) is 0 Å². The molecule has 19 heteroatoms. The first-order valence-corrected chi connectivity index (χ1v) is 42.8. The van der Waals surface area contributed by atoms with E-state index in [0.717, 1.165) is 89.9 Å². The molecule has 0 aliphatic rings. The molecule has 0 saturated carbocycles. The molecule has 0 aromatic heterocycles. The van der Waals surface area contributed by atoms with Crippen molar-refractivity contribution in [3.8, 4) is 0 Å². The van der Waals surface area contributed by atoms with Crippen LogP contribution in [0.1, 0.15) is 407 Å². The number of aliphatic hydroxyl groups excluding tert-OH is 1. The van der Waals surface area contributed by atoms with E-state index in [1.165, 1.54) is 238 Å². The average Bonchev–Trinajstić information content (AvgIpc) is 1.38. The molecule has 5 atom stereocenters. The number of hydrogen-bond donors (Lipinski definition) is 3. The van der Waals surface area contributed by atoms with Crippen LogP contribution in [0, 0.1) is 0 Å². The predicted octanol–water partition coefficient (Wildman–Crippen LogP) is 22.6. The van der Waals surface area contributed by atoms with Crippen molar-refractivity contribution in [1.82, 2.24) is 0 Å². The van der Waals surface area contributed by atoms with Gasteiger partial charge in [0.25, 0.3) is 0 Å². The maximum absolute atomic E-state index is 13.1. The third kappa shape index (κ3) is 70.3. The van der Waals surface area contributed by atoms with E-state index in [0.29, 0.717) is 25.7 Å². The van der Waals surface area contributed by atoms with Gasteiger partial charge in [-0.25, -0.2) is 9.13 Å². The van der Waals surface area contributed by atoms with Crippen LogP contribution in [0.25, 0.3) is 0 Å². The van der Waals surface area contributed by atoms with E-state index < -0.39 is 97.5 Å². The number of unbranched alkanes of at least 4 members (excludes halogenated alkanes) is 51. The second-order valence-electron chi connectivity index (χ2n) is 27.4. The number of hydrogen-bond acceptors (Lipinski definition) is 15. The largest absolute Gasteiger partial charge is 0.472 e. The summed E-state index contributed by atoms with van der Waals surface area (Å²) >= 11 is 0. The van der Waals surface area contributed by atoms with E-state index in [4.69, 9.17) is 37.0 Å². The lowest BCUT2D eigenvalue weighted by Gasteiger charge is -2.21. The van der Waals surface area contributed by atoms with Gasteiger partial charge in [0, 0.05) is 25.7 Å². The van der Waals surface area contributed by atoms with Gasteiger partial charge >= 0.3 is 39.5 Å². The summed E-state index contributed by atoms with van der Waals surface area (Å²) < 4.78 is 68.5. The van der Waals surface area contributed by atoms with E-state index in [1.54, 1.807) is 0 Å². The fourth-order valence-corrected chi connectivity index (χ4v) is 13.3. The standard InChI is InChI=1S/C76H148O17P2/c1-5-9-13-17-21-25-29-32-35-38-41-45-48-52-56-60-73(78)86-66-71(92-75(80)62-58-54-50-44-28-24-20-16-12-8-4)68-90-94(82,83)88-64-70(77)65-89-95(84,85)91-69-72(93-76(81)63-59-55-51-47-43-40-37-34-31-27-23-19-15-11-7-3)67-87-74(79)61-57-53-49-46-42-39-36-33-30-26-22-18-14-10-6-2/h70-72,77H,5-69H2,1-4H3,(H,82,83)(H,84,85)/t70-,71-,72-/m1/s1.